The van der Waals surface area contributed by atoms with Gasteiger partial charge in [0.1, 0.15) is 0 Å². The molecular formula is C4H10Cl3HfO. The summed E-state index contributed by atoms with van der Waals surface area (Å²) >= 11 is -2.24. The Morgan fingerprint density at radius 1 is 1.33 bits per heavy atom. The van der Waals surface area contributed by atoms with Crippen LogP contribution in [0, 0.1) is 0 Å². The van der Waals surface area contributed by atoms with Gasteiger partial charge in [-0.15, -0.1) is 0 Å². The van der Waals surface area contributed by atoms with E-state index in [1.807, 2.05) is 0 Å². The fourth-order valence-corrected chi connectivity index (χ4v) is 0.158. The second kappa shape index (κ2) is 12.4. The molecule has 5 heteroatoms. The first-order valence-electron chi connectivity index (χ1n) is 2.59. The van der Waals surface area contributed by atoms with Crippen LogP contribution in [0.5, 0.6) is 0 Å². The van der Waals surface area contributed by atoms with Gasteiger partial charge in [0.05, 0.1) is 0 Å². The van der Waals surface area contributed by atoms with Gasteiger partial charge in [0.25, 0.3) is 0 Å². The molecule has 9 heavy (non-hydrogen) atoms. The Labute approximate surface area is 74.6 Å². The van der Waals surface area contributed by atoms with E-state index in [1.165, 1.54) is 0 Å². The summed E-state index contributed by atoms with van der Waals surface area (Å²) in [6.45, 7) is 2.40. The standard InChI is InChI=1S/C4H10O.3ClH.Hf/c1-2-3-4-5;;;;/h5H,2-4H2,1H3;3*1H;/q;;;;+3/p-3. The predicted octanol–water partition coefficient (Wildman–Crippen LogP) is 2.84. The van der Waals surface area contributed by atoms with Crippen molar-refractivity contribution >= 4 is 25.7 Å². The second-order valence-electron chi connectivity index (χ2n) is 1.29. The van der Waals surface area contributed by atoms with Crippen LogP contribution in [0.4, 0.5) is 0 Å². The van der Waals surface area contributed by atoms with Crippen LogP contribution in [-0.2, 0) is 17.9 Å². The van der Waals surface area contributed by atoms with Crippen LogP contribution in [-0.4, -0.2) is 11.7 Å². The molecule has 0 aromatic carbocycles. The molecule has 0 aliphatic rings. The van der Waals surface area contributed by atoms with Crippen molar-refractivity contribution in [2.75, 3.05) is 6.61 Å². The van der Waals surface area contributed by atoms with E-state index < -0.39 is 17.9 Å². The molecule has 0 aliphatic heterocycles. The molecule has 0 unspecified atom stereocenters. The molecule has 0 heterocycles. The molecule has 0 bridgehead atoms. The first-order valence-corrected chi connectivity index (χ1v) is 15.9. The molecule has 0 saturated carbocycles. The topological polar surface area (TPSA) is 20.2 Å². The van der Waals surface area contributed by atoms with Crippen molar-refractivity contribution in [1.29, 1.82) is 0 Å². The first-order chi connectivity index (χ1) is 4.15. The Morgan fingerprint density at radius 2 is 1.67 bits per heavy atom. The van der Waals surface area contributed by atoms with Crippen molar-refractivity contribution in [1.82, 2.24) is 0 Å². The summed E-state index contributed by atoms with van der Waals surface area (Å²) in [4.78, 5) is 0. The Kier molecular flexibility index (Phi) is 18.3. The molecule has 0 radical (unpaired) electrons. The monoisotopic (exact) mass is 359 g/mol. The van der Waals surface area contributed by atoms with E-state index in [9.17, 15) is 0 Å². The normalized spacial score (nSPS) is 7.67. The van der Waals surface area contributed by atoms with Gasteiger partial charge in [-0.05, 0) is 6.42 Å². The Balaban J connectivity index is 0. The molecule has 0 aromatic heterocycles. The number of hydrogen-bond donors (Lipinski definition) is 1. The van der Waals surface area contributed by atoms with Crippen LogP contribution in [0.15, 0.2) is 0 Å². The van der Waals surface area contributed by atoms with Crippen molar-refractivity contribution in [2.45, 2.75) is 19.8 Å². The summed E-state index contributed by atoms with van der Waals surface area (Å²) in [6.07, 6.45) is 2.04. The van der Waals surface area contributed by atoms with Gasteiger partial charge >= 0.3 is 43.6 Å². The molecule has 0 spiro atoms. The van der Waals surface area contributed by atoms with Crippen LogP contribution >= 0.6 is 25.7 Å². The third-order valence-electron chi connectivity index (χ3n) is 0.512. The molecule has 0 aliphatic carbocycles. The number of unbranched alkanes of at least 4 members (excludes halogenated alkanes) is 1. The third kappa shape index (κ3) is 42.0. The molecule has 1 nitrogen and oxygen atoms in total. The van der Waals surface area contributed by atoms with E-state index in [-0.39, 0.29) is 0 Å². The van der Waals surface area contributed by atoms with E-state index in [1.54, 1.807) is 0 Å². The van der Waals surface area contributed by atoms with Crippen molar-refractivity contribution in [3.05, 3.63) is 0 Å². The molecule has 0 atom stereocenters. The maximum absolute atomic E-state index is 8.07. The van der Waals surface area contributed by atoms with Crippen LogP contribution in [0.2, 0.25) is 0 Å². The molecular weight excluding hydrogens is 349 g/mol. The van der Waals surface area contributed by atoms with Crippen molar-refractivity contribution < 1.29 is 23.0 Å². The second-order valence-corrected chi connectivity index (χ2v) is 16.9. The number of halogens is 3. The average molecular weight is 359 g/mol. The summed E-state index contributed by atoms with van der Waals surface area (Å²) in [6, 6.07) is 0. The summed E-state index contributed by atoms with van der Waals surface area (Å²) in [5.41, 5.74) is 0. The van der Waals surface area contributed by atoms with Gasteiger partial charge in [-0.1, -0.05) is 13.3 Å². The quantitative estimate of drug-likeness (QED) is 0.752. The van der Waals surface area contributed by atoms with Gasteiger partial charge in [-0.2, -0.15) is 0 Å². The Morgan fingerprint density at radius 3 is 1.67 bits per heavy atom. The summed E-state index contributed by atoms with van der Waals surface area (Å²) < 4.78 is 0. The molecule has 57 valence electrons. The van der Waals surface area contributed by atoms with Crippen LogP contribution in [0.3, 0.4) is 0 Å². The van der Waals surface area contributed by atoms with Gasteiger partial charge in [-0.25, -0.2) is 0 Å². The average Bonchev–Trinajstić information content (AvgIpc) is 1.66. The maximum atomic E-state index is 8.07. The van der Waals surface area contributed by atoms with E-state index in [4.69, 9.17) is 30.8 Å². The fourth-order valence-electron chi connectivity index (χ4n) is 0.158. The summed E-state index contributed by atoms with van der Waals surface area (Å²) in [5.74, 6) is 0. The number of rotatable bonds is 2. The van der Waals surface area contributed by atoms with Crippen LogP contribution in [0.25, 0.3) is 0 Å². The van der Waals surface area contributed by atoms with Crippen LogP contribution < -0.4 is 0 Å². The van der Waals surface area contributed by atoms with Gasteiger partial charge < -0.3 is 5.11 Å². The van der Waals surface area contributed by atoms with E-state index in [0.717, 1.165) is 12.8 Å². The van der Waals surface area contributed by atoms with Crippen molar-refractivity contribution in [2.24, 2.45) is 0 Å². The first kappa shape index (κ1) is 13.3. The fraction of sp³-hybridized carbons (Fsp3) is 1.00. The van der Waals surface area contributed by atoms with Crippen LogP contribution in [0.1, 0.15) is 19.8 Å². The zero-order chi connectivity index (χ0) is 7.70. The van der Waals surface area contributed by atoms with Gasteiger partial charge in [0, 0.05) is 6.61 Å². The van der Waals surface area contributed by atoms with E-state index in [0.29, 0.717) is 6.61 Å². The SMILES string of the molecule is CCCCO.[Cl][Hf]([Cl])[Cl]. The van der Waals surface area contributed by atoms with Crippen molar-refractivity contribution in [3.8, 4) is 0 Å². The molecule has 0 rings (SSSR count). The Hall–Kier alpha value is 1.70. The minimum atomic E-state index is -2.24. The molecule has 0 amide bonds. The summed E-state index contributed by atoms with van der Waals surface area (Å²) in [5, 5.41) is 8.07. The minimum absolute atomic E-state index is 0.344. The van der Waals surface area contributed by atoms with Gasteiger partial charge in [0.15, 0.2) is 0 Å². The van der Waals surface area contributed by atoms with E-state index >= 15 is 0 Å². The third-order valence-corrected chi connectivity index (χ3v) is 0.512. The summed E-state index contributed by atoms with van der Waals surface area (Å²) in [7, 11) is 15.1. The van der Waals surface area contributed by atoms with E-state index in [2.05, 4.69) is 6.92 Å². The number of hydrogen-bond acceptors (Lipinski definition) is 1. The molecule has 0 saturated heterocycles. The van der Waals surface area contributed by atoms with Crippen molar-refractivity contribution in [3.63, 3.8) is 0 Å². The molecule has 0 aromatic rings. The Bertz CT molecular complexity index is 40.0. The predicted molar refractivity (Wildman–Crippen MR) is 39.6 cm³/mol. The number of aliphatic hydroxyl groups excluding tert-OH is 1. The molecule has 0 fully saturated rings. The van der Waals surface area contributed by atoms with Gasteiger partial charge in [-0.3, -0.25) is 0 Å². The van der Waals surface area contributed by atoms with Gasteiger partial charge in [0.2, 0.25) is 0 Å². The zero-order valence-electron chi connectivity index (χ0n) is 5.20. The molecule has 1 N–H and O–H groups in total. The zero-order valence-corrected chi connectivity index (χ0v) is 11.1. The number of aliphatic hydroxyl groups is 1.